The van der Waals surface area contributed by atoms with Gasteiger partial charge in [0.2, 0.25) is 11.8 Å². The monoisotopic (exact) mass is 283 g/mol. The van der Waals surface area contributed by atoms with E-state index in [1.807, 2.05) is 31.2 Å². The van der Waals surface area contributed by atoms with Gasteiger partial charge in [0.1, 0.15) is 0 Å². The number of aryl methyl sites for hydroxylation is 1. The molecule has 3 aromatic rings. The van der Waals surface area contributed by atoms with Crippen molar-refractivity contribution >= 4 is 5.91 Å². The van der Waals surface area contributed by atoms with Gasteiger partial charge in [-0.15, -0.1) is 10.2 Å². The van der Waals surface area contributed by atoms with Crippen molar-refractivity contribution in [3.63, 3.8) is 0 Å². The number of benzene rings is 1. The SMILES string of the molecule is Cc1ccc(-c2nnc(CNC(=O)c3ccco3)o2)cc1. The van der Waals surface area contributed by atoms with Gasteiger partial charge < -0.3 is 14.2 Å². The number of carbonyl (C=O) groups excluding carboxylic acids is 1. The average Bonchev–Trinajstić information content (AvgIpc) is 3.17. The van der Waals surface area contributed by atoms with Crippen LogP contribution in [0, 0.1) is 6.92 Å². The normalized spacial score (nSPS) is 10.5. The van der Waals surface area contributed by atoms with E-state index in [2.05, 4.69) is 15.5 Å². The van der Waals surface area contributed by atoms with Crippen LogP contribution in [-0.2, 0) is 6.54 Å². The maximum atomic E-state index is 11.7. The van der Waals surface area contributed by atoms with E-state index in [0.29, 0.717) is 11.8 Å². The number of nitrogens with zero attached hydrogens (tertiary/aromatic N) is 2. The highest BCUT2D eigenvalue weighted by Crippen LogP contribution is 2.18. The molecule has 0 aliphatic carbocycles. The van der Waals surface area contributed by atoms with Gasteiger partial charge >= 0.3 is 0 Å². The first-order valence-corrected chi connectivity index (χ1v) is 6.43. The number of hydrogen-bond donors (Lipinski definition) is 1. The summed E-state index contributed by atoms with van der Waals surface area (Å²) in [6.45, 7) is 2.16. The maximum absolute atomic E-state index is 11.7. The van der Waals surface area contributed by atoms with Crippen molar-refractivity contribution in [3.8, 4) is 11.5 Å². The summed E-state index contributed by atoms with van der Waals surface area (Å²) in [7, 11) is 0. The minimum absolute atomic E-state index is 0.151. The standard InChI is InChI=1S/C15H13N3O3/c1-10-4-6-11(7-5-10)15-18-17-13(21-15)9-16-14(19)12-3-2-8-20-12/h2-8H,9H2,1H3,(H,16,19). The van der Waals surface area contributed by atoms with Crippen molar-refractivity contribution in [2.45, 2.75) is 13.5 Å². The molecule has 106 valence electrons. The lowest BCUT2D eigenvalue weighted by atomic mass is 10.1. The second-order valence-corrected chi connectivity index (χ2v) is 4.53. The quantitative estimate of drug-likeness (QED) is 0.795. The van der Waals surface area contributed by atoms with Gasteiger partial charge in [0.05, 0.1) is 12.8 Å². The van der Waals surface area contributed by atoms with Gasteiger partial charge in [-0.3, -0.25) is 4.79 Å². The molecule has 0 spiro atoms. The Hall–Kier alpha value is -2.89. The third kappa shape index (κ3) is 3.00. The zero-order valence-corrected chi connectivity index (χ0v) is 11.4. The van der Waals surface area contributed by atoms with Crippen LogP contribution in [0.25, 0.3) is 11.5 Å². The first-order valence-electron chi connectivity index (χ1n) is 6.43. The Morgan fingerprint density at radius 2 is 2.00 bits per heavy atom. The van der Waals surface area contributed by atoms with Crippen molar-refractivity contribution in [1.29, 1.82) is 0 Å². The predicted octanol–water partition coefficient (Wildman–Crippen LogP) is 2.57. The molecular weight excluding hydrogens is 270 g/mol. The summed E-state index contributed by atoms with van der Waals surface area (Å²) < 4.78 is 10.5. The molecule has 2 heterocycles. The van der Waals surface area contributed by atoms with Crippen molar-refractivity contribution < 1.29 is 13.6 Å². The van der Waals surface area contributed by atoms with E-state index in [1.54, 1.807) is 12.1 Å². The van der Waals surface area contributed by atoms with Crippen LogP contribution in [0.1, 0.15) is 22.0 Å². The fourth-order valence-corrected chi connectivity index (χ4v) is 1.79. The first-order chi connectivity index (χ1) is 10.2. The van der Waals surface area contributed by atoms with Crippen LogP contribution >= 0.6 is 0 Å². The largest absolute Gasteiger partial charge is 0.459 e. The molecular formula is C15H13N3O3. The van der Waals surface area contributed by atoms with Gasteiger partial charge in [-0.05, 0) is 31.2 Å². The maximum Gasteiger partial charge on any atom is 0.287 e. The number of aromatic nitrogens is 2. The highest BCUT2D eigenvalue weighted by Gasteiger charge is 2.12. The van der Waals surface area contributed by atoms with Crippen LogP contribution in [0.2, 0.25) is 0 Å². The third-order valence-corrected chi connectivity index (χ3v) is 2.91. The fraction of sp³-hybridized carbons (Fsp3) is 0.133. The lowest BCUT2D eigenvalue weighted by Crippen LogP contribution is -2.22. The summed E-state index contributed by atoms with van der Waals surface area (Å²) in [6.07, 6.45) is 1.44. The molecule has 0 aliphatic heterocycles. The van der Waals surface area contributed by atoms with E-state index in [0.717, 1.165) is 11.1 Å². The van der Waals surface area contributed by atoms with Crippen LogP contribution < -0.4 is 5.32 Å². The lowest BCUT2D eigenvalue weighted by Gasteiger charge is -1.98. The van der Waals surface area contributed by atoms with E-state index in [1.165, 1.54) is 6.26 Å². The zero-order valence-electron chi connectivity index (χ0n) is 11.4. The Morgan fingerprint density at radius 3 is 2.71 bits per heavy atom. The first kappa shape index (κ1) is 13.1. The van der Waals surface area contributed by atoms with Gasteiger partial charge in [0.25, 0.3) is 5.91 Å². The van der Waals surface area contributed by atoms with Crippen molar-refractivity contribution in [2.24, 2.45) is 0 Å². The van der Waals surface area contributed by atoms with Crippen LogP contribution in [-0.4, -0.2) is 16.1 Å². The number of carbonyl (C=O) groups is 1. The summed E-state index contributed by atoms with van der Waals surface area (Å²) in [5.74, 6) is 0.686. The molecule has 1 N–H and O–H groups in total. The second kappa shape index (κ2) is 5.62. The van der Waals surface area contributed by atoms with E-state index in [-0.39, 0.29) is 18.2 Å². The summed E-state index contributed by atoms with van der Waals surface area (Å²) in [4.78, 5) is 11.7. The summed E-state index contributed by atoms with van der Waals surface area (Å²) >= 11 is 0. The molecule has 3 rings (SSSR count). The molecule has 2 aromatic heterocycles. The third-order valence-electron chi connectivity index (χ3n) is 2.91. The molecule has 0 radical (unpaired) electrons. The van der Waals surface area contributed by atoms with E-state index in [4.69, 9.17) is 8.83 Å². The van der Waals surface area contributed by atoms with Gasteiger partial charge in [-0.25, -0.2) is 0 Å². The number of rotatable bonds is 4. The number of furan rings is 1. The van der Waals surface area contributed by atoms with Crippen molar-refractivity contribution in [1.82, 2.24) is 15.5 Å². The summed E-state index contributed by atoms with van der Waals surface area (Å²) in [5, 5.41) is 10.5. The molecule has 0 saturated heterocycles. The minimum Gasteiger partial charge on any atom is -0.459 e. The summed E-state index contributed by atoms with van der Waals surface area (Å²) in [6, 6.07) is 11.0. The molecule has 6 nitrogen and oxygen atoms in total. The Labute approximate surface area is 120 Å². The molecule has 0 unspecified atom stereocenters. The van der Waals surface area contributed by atoms with E-state index < -0.39 is 0 Å². The highest BCUT2D eigenvalue weighted by atomic mass is 16.4. The molecule has 21 heavy (non-hydrogen) atoms. The molecule has 0 atom stereocenters. The highest BCUT2D eigenvalue weighted by molar-refractivity contribution is 5.91. The molecule has 1 amide bonds. The van der Waals surface area contributed by atoms with E-state index >= 15 is 0 Å². The lowest BCUT2D eigenvalue weighted by molar-refractivity contribution is 0.0919. The topological polar surface area (TPSA) is 81.2 Å². The van der Waals surface area contributed by atoms with Gasteiger partial charge in [-0.1, -0.05) is 17.7 Å². The Bertz CT molecular complexity index is 730. The second-order valence-electron chi connectivity index (χ2n) is 4.53. The molecule has 0 saturated carbocycles. The predicted molar refractivity (Wildman–Crippen MR) is 74.3 cm³/mol. The Morgan fingerprint density at radius 1 is 1.19 bits per heavy atom. The van der Waals surface area contributed by atoms with Crippen LogP contribution in [0.3, 0.4) is 0 Å². The zero-order chi connectivity index (χ0) is 14.7. The Kier molecular flexibility index (Phi) is 3.51. The molecule has 0 aliphatic rings. The smallest absolute Gasteiger partial charge is 0.287 e. The number of nitrogens with one attached hydrogen (secondary N) is 1. The molecule has 0 fully saturated rings. The molecule has 1 aromatic carbocycles. The van der Waals surface area contributed by atoms with Gasteiger partial charge in [-0.2, -0.15) is 0 Å². The summed E-state index contributed by atoms with van der Waals surface area (Å²) in [5.41, 5.74) is 2.00. The van der Waals surface area contributed by atoms with Crippen LogP contribution in [0.4, 0.5) is 0 Å². The molecule has 6 heteroatoms. The Balaban J connectivity index is 1.65. The van der Waals surface area contributed by atoms with Crippen molar-refractivity contribution in [2.75, 3.05) is 0 Å². The van der Waals surface area contributed by atoms with Gasteiger partial charge in [0, 0.05) is 5.56 Å². The van der Waals surface area contributed by atoms with Crippen molar-refractivity contribution in [3.05, 3.63) is 59.9 Å². The minimum atomic E-state index is -0.324. The fourth-order valence-electron chi connectivity index (χ4n) is 1.79. The average molecular weight is 283 g/mol. The van der Waals surface area contributed by atoms with Gasteiger partial charge in [0.15, 0.2) is 5.76 Å². The van der Waals surface area contributed by atoms with Crippen LogP contribution in [0.15, 0.2) is 51.5 Å². The number of amides is 1. The molecule has 0 bridgehead atoms. The van der Waals surface area contributed by atoms with E-state index in [9.17, 15) is 4.79 Å². The van der Waals surface area contributed by atoms with Crippen LogP contribution in [0.5, 0.6) is 0 Å². The number of hydrogen-bond acceptors (Lipinski definition) is 5.